The SMILES string of the molecule is CC(c1ccccc1)C1CCC(C)N(C(=O)c2ccccc2)C1C. The first kappa shape index (κ1) is 16.8. The van der Waals surface area contributed by atoms with Crippen molar-refractivity contribution in [2.75, 3.05) is 0 Å². The molecule has 2 heteroatoms. The van der Waals surface area contributed by atoms with Crippen molar-refractivity contribution in [1.29, 1.82) is 0 Å². The van der Waals surface area contributed by atoms with Crippen LogP contribution >= 0.6 is 0 Å². The minimum atomic E-state index is 0.167. The van der Waals surface area contributed by atoms with Crippen molar-refractivity contribution in [2.45, 2.75) is 51.6 Å². The lowest BCUT2D eigenvalue weighted by Gasteiger charge is -2.46. The van der Waals surface area contributed by atoms with Crippen molar-refractivity contribution in [3.63, 3.8) is 0 Å². The van der Waals surface area contributed by atoms with Crippen LogP contribution in [-0.2, 0) is 0 Å². The van der Waals surface area contributed by atoms with Crippen LogP contribution in [0.25, 0.3) is 0 Å². The van der Waals surface area contributed by atoms with Gasteiger partial charge in [-0.25, -0.2) is 0 Å². The zero-order valence-corrected chi connectivity index (χ0v) is 14.9. The van der Waals surface area contributed by atoms with Gasteiger partial charge in [0.2, 0.25) is 0 Å². The summed E-state index contributed by atoms with van der Waals surface area (Å²) in [6, 6.07) is 20.9. The highest BCUT2D eigenvalue weighted by molar-refractivity contribution is 5.94. The van der Waals surface area contributed by atoms with Gasteiger partial charge in [0.1, 0.15) is 0 Å². The fraction of sp³-hybridized carbons (Fsp3) is 0.409. The molecule has 0 aromatic heterocycles. The Kier molecular flexibility index (Phi) is 5.03. The largest absolute Gasteiger partial charge is 0.333 e. The van der Waals surface area contributed by atoms with Gasteiger partial charge in [-0.05, 0) is 56.2 Å². The highest BCUT2D eigenvalue weighted by atomic mass is 16.2. The lowest BCUT2D eigenvalue weighted by atomic mass is 9.76. The van der Waals surface area contributed by atoms with E-state index < -0.39 is 0 Å². The summed E-state index contributed by atoms with van der Waals surface area (Å²) in [6.45, 7) is 6.71. The van der Waals surface area contributed by atoms with E-state index in [1.807, 2.05) is 30.3 Å². The molecule has 2 aromatic carbocycles. The Morgan fingerprint density at radius 2 is 1.54 bits per heavy atom. The molecule has 1 heterocycles. The Bertz CT molecular complexity index is 667. The van der Waals surface area contributed by atoms with Crippen LogP contribution in [0.15, 0.2) is 60.7 Å². The molecule has 4 atom stereocenters. The smallest absolute Gasteiger partial charge is 0.254 e. The summed E-state index contributed by atoms with van der Waals surface area (Å²) in [5.41, 5.74) is 2.17. The average molecular weight is 321 g/mol. The number of rotatable bonds is 3. The molecule has 0 aliphatic carbocycles. The molecule has 126 valence electrons. The molecule has 2 aromatic rings. The molecule has 1 aliphatic heterocycles. The van der Waals surface area contributed by atoms with E-state index in [0.29, 0.717) is 17.9 Å². The second-order valence-corrected chi connectivity index (χ2v) is 7.11. The van der Waals surface area contributed by atoms with Crippen LogP contribution in [0, 0.1) is 5.92 Å². The Hall–Kier alpha value is -2.09. The van der Waals surface area contributed by atoms with Crippen LogP contribution < -0.4 is 0 Å². The van der Waals surface area contributed by atoms with E-state index in [1.54, 1.807) is 0 Å². The normalized spacial score (nSPS) is 25.3. The molecule has 1 aliphatic rings. The number of hydrogen-bond donors (Lipinski definition) is 0. The summed E-state index contributed by atoms with van der Waals surface area (Å²) in [6.07, 6.45) is 2.25. The molecule has 3 rings (SSSR count). The van der Waals surface area contributed by atoms with E-state index in [0.717, 1.165) is 12.0 Å². The van der Waals surface area contributed by atoms with Gasteiger partial charge in [0, 0.05) is 17.6 Å². The number of hydrogen-bond acceptors (Lipinski definition) is 1. The number of piperidine rings is 1. The van der Waals surface area contributed by atoms with Gasteiger partial charge in [-0.3, -0.25) is 4.79 Å². The maximum absolute atomic E-state index is 13.1. The first-order valence-corrected chi connectivity index (χ1v) is 9.02. The summed E-state index contributed by atoms with van der Waals surface area (Å²) in [7, 11) is 0. The van der Waals surface area contributed by atoms with Gasteiger partial charge in [0.15, 0.2) is 0 Å². The van der Waals surface area contributed by atoms with Gasteiger partial charge in [0.05, 0.1) is 0 Å². The van der Waals surface area contributed by atoms with Gasteiger partial charge in [-0.1, -0.05) is 55.5 Å². The third-order valence-electron chi connectivity index (χ3n) is 5.67. The second-order valence-electron chi connectivity index (χ2n) is 7.11. The van der Waals surface area contributed by atoms with Crippen molar-refractivity contribution in [3.8, 4) is 0 Å². The predicted octanol–water partition coefficient (Wildman–Crippen LogP) is 5.12. The molecule has 2 nitrogen and oxygen atoms in total. The summed E-state index contributed by atoms with van der Waals surface area (Å²) >= 11 is 0. The van der Waals surface area contributed by atoms with Gasteiger partial charge in [-0.2, -0.15) is 0 Å². The van der Waals surface area contributed by atoms with Crippen molar-refractivity contribution in [1.82, 2.24) is 4.90 Å². The Morgan fingerprint density at radius 1 is 0.958 bits per heavy atom. The third kappa shape index (κ3) is 3.24. The Labute approximate surface area is 145 Å². The molecule has 24 heavy (non-hydrogen) atoms. The number of carbonyl (C=O) groups excluding carboxylic acids is 1. The van der Waals surface area contributed by atoms with Crippen LogP contribution in [0.4, 0.5) is 0 Å². The van der Waals surface area contributed by atoms with E-state index in [1.165, 1.54) is 12.0 Å². The van der Waals surface area contributed by atoms with E-state index >= 15 is 0 Å². The molecular weight excluding hydrogens is 294 g/mol. The number of amides is 1. The van der Waals surface area contributed by atoms with Gasteiger partial charge < -0.3 is 4.90 Å². The average Bonchev–Trinajstić information content (AvgIpc) is 2.63. The zero-order chi connectivity index (χ0) is 17.1. The van der Waals surface area contributed by atoms with E-state index in [-0.39, 0.29) is 11.9 Å². The topological polar surface area (TPSA) is 20.3 Å². The van der Waals surface area contributed by atoms with E-state index in [4.69, 9.17) is 0 Å². The van der Waals surface area contributed by atoms with Crippen LogP contribution in [0.1, 0.15) is 55.5 Å². The van der Waals surface area contributed by atoms with Crippen LogP contribution in [0.2, 0.25) is 0 Å². The number of benzene rings is 2. The molecule has 1 fully saturated rings. The molecule has 4 unspecified atom stereocenters. The zero-order valence-electron chi connectivity index (χ0n) is 14.9. The quantitative estimate of drug-likeness (QED) is 0.768. The van der Waals surface area contributed by atoms with Crippen molar-refractivity contribution >= 4 is 5.91 Å². The van der Waals surface area contributed by atoms with Crippen molar-refractivity contribution in [3.05, 3.63) is 71.8 Å². The minimum Gasteiger partial charge on any atom is -0.333 e. The maximum atomic E-state index is 13.1. The molecule has 0 bridgehead atoms. The van der Waals surface area contributed by atoms with Crippen molar-refractivity contribution in [2.24, 2.45) is 5.92 Å². The van der Waals surface area contributed by atoms with Gasteiger partial charge in [0.25, 0.3) is 5.91 Å². The van der Waals surface area contributed by atoms with Crippen LogP contribution in [-0.4, -0.2) is 22.9 Å². The molecular formula is C22H27NO. The maximum Gasteiger partial charge on any atom is 0.254 e. The highest BCUT2D eigenvalue weighted by Gasteiger charge is 2.38. The summed E-state index contributed by atoms with van der Waals surface area (Å²) < 4.78 is 0. The summed E-state index contributed by atoms with van der Waals surface area (Å²) in [5, 5.41) is 0. The number of nitrogens with zero attached hydrogens (tertiary/aromatic N) is 1. The molecule has 0 spiro atoms. The molecule has 1 amide bonds. The van der Waals surface area contributed by atoms with Crippen LogP contribution in [0.5, 0.6) is 0 Å². The second kappa shape index (κ2) is 7.21. The fourth-order valence-corrected chi connectivity index (χ4v) is 4.21. The van der Waals surface area contributed by atoms with Crippen LogP contribution in [0.3, 0.4) is 0 Å². The molecule has 0 radical (unpaired) electrons. The highest BCUT2D eigenvalue weighted by Crippen LogP contribution is 2.38. The molecule has 0 saturated carbocycles. The molecule has 0 N–H and O–H groups in total. The van der Waals surface area contributed by atoms with E-state index in [2.05, 4.69) is 56.0 Å². The molecule has 1 saturated heterocycles. The summed E-state index contributed by atoms with van der Waals surface area (Å²) in [5.74, 6) is 1.12. The first-order chi connectivity index (χ1) is 11.6. The Balaban J connectivity index is 1.84. The monoisotopic (exact) mass is 321 g/mol. The fourth-order valence-electron chi connectivity index (χ4n) is 4.21. The standard InChI is InChI=1S/C22H27NO/c1-16-14-15-21(17(2)19-10-6-4-7-11-19)18(3)23(16)22(24)20-12-8-5-9-13-20/h4-13,16-18,21H,14-15H2,1-3H3. The Morgan fingerprint density at radius 3 is 2.17 bits per heavy atom. The predicted molar refractivity (Wildman–Crippen MR) is 99.1 cm³/mol. The first-order valence-electron chi connectivity index (χ1n) is 9.02. The van der Waals surface area contributed by atoms with Crippen molar-refractivity contribution < 1.29 is 4.79 Å². The third-order valence-corrected chi connectivity index (χ3v) is 5.67. The summed E-state index contributed by atoms with van der Waals surface area (Å²) in [4.78, 5) is 15.2. The lowest BCUT2D eigenvalue weighted by Crippen LogP contribution is -2.52. The number of likely N-dealkylation sites (tertiary alicyclic amines) is 1. The lowest BCUT2D eigenvalue weighted by molar-refractivity contribution is 0.0324. The van der Waals surface area contributed by atoms with Gasteiger partial charge in [-0.15, -0.1) is 0 Å². The minimum absolute atomic E-state index is 0.167. The van der Waals surface area contributed by atoms with Gasteiger partial charge >= 0.3 is 0 Å². The number of carbonyl (C=O) groups is 1. The van der Waals surface area contributed by atoms with E-state index in [9.17, 15) is 4.79 Å².